The quantitative estimate of drug-likeness (QED) is 0.496. The summed E-state index contributed by atoms with van der Waals surface area (Å²) in [7, 11) is -3.28. The van der Waals surface area contributed by atoms with Crippen molar-refractivity contribution in [3.8, 4) is 16.9 Å². The number of aliphatic carboxylic acids is 1. The van der Waals surface area contributed by atoms with E-state index in [1.54, 1.807) is 30.3 Å². The van der Waals surface area contributed by atoms with Gasteiger partial charge in [0.05, 0.1) is 11.7 Å². The first kappa shape index (κ1) is 15.7. The molecule has 120 valence electrons. The van der Waals surface area contributed by atoms with Gasteiger partial charge in [-0.3, -0.25) is 14.6 Å². The van der Waals surface area contributed by atoms with E-state index in [4.69, 9.17) is 14.9 Å². The highest BCUT2D eigenvalue weighted by molar-refractivity contribution is 7.67. The second-order valence-corrected chi connectivity index (χ2v) is 7.71. The Kier molecular flexibility index (Phi) is 4.22. The summed E-state index contributed by atoms with van der Waals surface area (Å²) < 4.78 is 18.9. The highest BCUT2D eigenvalue weighted by Gasteiger charge is 2.36. The minimum Gasteiger partial charge on any atom is -0.481 e. The van der Waals surface area contributed by atoms with Crippen molar-refractivity contribution < 1.29 is 29.1 Å². The van der Waals surface area contributed by atoms with Gasteiger partial charge in [-0.05, 0) is 29.3 Å². The standard InChI is InChI=1S/C16H15O6P/c17-16(18)7-8-23(20)15-4-2-1-3-12(15)13-9-11(10-21-19)5-6-14(13)22-23/h1-6,9,19H,7-8,10H2,(H,17,18). The van der Waals surface area contributed by atoms with Crippen LogP contribution in [-0.2, 0) is 20.9 Å². The Balaban J connectivity index is 2.09. The van der Waals surface area contributed by atoms with Crippen LogP contribution in [0.3, 0.4) is 0 Å². The van der Waals surface area contributed by atoms with Crippen molar-refractivity contribution >= 4 is 18.6 Å². The molecule has 6 nitrogen and oxygen atoms in total. The molecule has 1 heterocycles. The first-order valence-corrected chi connectivity index (χ1v) is 8.84. The van der Waals surface area contributed by atoms with E-state index in [-0.39, 0.29) is 19.2 Å². The molecule has 1 atom stereocenters. The molecule has 1 aliphatic heterocycles. The predicted molar refractivity (Wildman–Crippen MR) is 84.3 cm³/mol. The van der Waals surface area contributed by atoms with Crippen LogP contribution in [0.4, 0.5) is 0 Å². The number of carbonyl (C=O) groups is 1. The maximum absolute atomic E-state index is 13.2. The van der Waals surface area contributed by atoms with Gasteiger partial charge in [-0.25, -0.2) is 4.89 Å². The van der Waals surface area contributed by atoms with Crippen LogP contribution in [0.5, 0.6) is 5.75 Å². The zero-order valence-electron chi connectivity index (χ0n) is 12.1. The van der Waals surface area contributed by atoms with Crippen LogP contribution in [0, 0.1) is 0 Å². The number of rotatable bonds is 5. The molecule has 23 heavy (non-hydrogen) atoms. The van der Waals surface area contributed by atoms with Crippen LogP contribution in [0.15, 0.2) is 42.5 Å². The first-order valence-electron chi connectivity index (χ1n) is 7.03. The predicted octanol–water partition coefficient (Wildman–Crippen LogP) is 3.11. The van der Waals surface area contributed by atoms with Gasteiger partial charge >= 0.3 is 5.97 Å². The minimum absolute atomic E-state index is 0.0339. The summed E-state index contributed by atoms with van der Waals surface area (Å²) in [6, 6.07) is 12.3. The molecule has 1 aliphatic rings. The summed E-state index contributed by atoms with van der Waals surface area (Å²) in [5, 5.41) is 18.0. The molecule has 1 unspecified atom stereocenters. The Hall–Kier alpha value is -2.14. The zero-order valence-corrected chi connectivity index (χ0v) is 13.0. The zero-order chi connectivity index (χ0) is 16.4. The SMILES string of the molecule is O=C(O)CCP1(=O)Oc2ccc(COO)cc2-c2ccccc21. The molecule has 0 amide bonds. The van der Waals surface area contributed by atoms with E-state index < -0.39 is 13.3 Å². The molecule has 0 saturated carbocycles. The van der Waals surface area contributed by atoms with Crippen molar-refractivity contribution in [1.29, 1.82) is 0 Å². The third-order valence-electron chi connectivity index (χ3n) is 3.70. The average molecular weight is 334 g/mol. The summed E-state index contributed by atoms with van der Waals surface area (Å²) in [5.74, 6) is -0.568. The molecule has 2 N–H and O–H groups in total. The van der Waals surface area contributed by atoms with Gasteiger partial charge in [0.1, 0.15) is 12.4 Å². The molecule has 2 aromatic carbocycles. The van der Waals surface area contributed by atoms with E-state index in [2.05, 4.69) is 4.89 Å². The maximum Gasteiger partial charge on any atom is 0.303 e. The summed E-state index contributed by atoms with van der Waals surface area (Å²) in [4.78, 5) is 15.0. The number of carboxylic acid groups (broad SMARTS) is 1. The van der Waals surface area contributed by atoms with Gasteiger partial charge < -0.3 is 9.63 Å². The van der Waals surface area contributed by atoms with Gasteiger partial charge in [0.15, 0.2) is 0 Å². The van der Waals surface area contributed by atoms with Gasteiger partial charge in [-0.2, -0.15) is 0 Å². The van der Waals surface area contributed by atoms with Crippen LogP contribution >= 0.6 is 7.37 Å². The largest absolute Gasteiger partial charge is 0.481 e. The van der Waals surface area contributed by atoms with Crippen LogP contribution in [0.1, 0.15) is 12.0 Å². The van der Waals surface area contributed by atoms with Gasteiger partial charge in [0.2, 0.25) is 0 Å². The Morgan fingerprint density at radius 2 is 1.96 bits per heavy atom. The average Bonchev–Trinajstić information content (AvgIpc) is 2.54. The topological polar surface area (TPSA) is 93.1 Å². The molecule has 0 saturated heterocycles. The molecular weight excluding hydrogens is 319 g/mol. The third kappa shape index (κ3) is 3.01. The summed E-state index contributed by atoms with van der Waals surface area (Å²) in [6.07, 6.45) is -0.280. The lowest BCUT2D eigenvalue weighted by atomic mass is 10.0. The van der Waals surface area contributed by atoms with Crippen molar-refractivity contribution in [2.75, 3.05) is 6.16 Å². The molecule has 3 rings (SSSR count). The monoisotopic (exact) mass is 334 g/mol. The van der Waals surface area contributed by atoms with Crippen molar-refractivity contribution in [3.05, 3.63) is 48.0 Å². The highest BCUT2D eigenvalue weighted by atomic mass is 31.2. The van der Waals surface area contributed by atoms with Crippen LogP contribution in [0.25, 0.3) is 11.1 Å². The third-order valence-corrected chi connectivity index (χ3v) is 6.13. The van der Waals surface area contributed by atoms with Crippen LogP contribution in [-0.4, -0.2) is 22.5 Å². The highest BCUT2D eigenvalue weighted by Crippen LogP contribution is 2.54. The van der Waals surface area contributed by atoms with Crippen molar-refractivity contribution in [2.45, 2.75) is 13.0 Å². The van der Waals surface area contributed by atoms with Crippen LogP contribution < -0.4 is 9.83 Å². The number of hydrogen-bond acceptors (Lipinski definition) is 5. The van der Waals surface area contributed by atoms with E-state index >= 15 is 0 Å². The van der Waals surface area contributed by atoms with Crippen molar-refractivity contribution in [3.63, 3.8) is 0 Å². The molecule has 0 radical (unpaired) electrons. The second kappa shape index (κ2) is 6.16. The van der Waals surface area contributed by atoms with Crippen molar-refractivity contribution in [1.82, 2.24) is 0 Å². The molecular formula is C16H15O6P. The lowest BCUT2D eigenvalue weighted by Crippen LogP contribution is -2.21. The number of benzene rings is 2. The van der Waals surface area contributed by atoms with Gasteiger partial charge in [-0.1, -0.05) is 24.3 Å². The Labute approximate surface area is 132 Å². The second-order valence-electron chi connectivity index (χ2n) is 5.25. The van der Waals surface area contributed by atoms with Gasteiger partial charge in [0, 0.05) is 11.7 Å². The maximum atomic E-state index is 13.2. The molecule has 2 aromatic rings. The molecule has 0 aliphatic carbocycles. The van der Waals surface area contributed by atoms with Crippen molar-refractivity contribution in [2.24, 2.45) is 0 Å². The molecule has 7 heteroatoms. The van der Waals surface area contributed by atoms with Gasteiger partial charge in [0.25, 0.3) is 7.37 Å². The molecule has 0 aromatic heterocycles. The summed E-state index contributed by atoms with van der Waals surface area (Å²) in [5.41, 5.74) is 2.24. The van der Waals surface area contributed by atoms with Crippen LogP contribution in [0.2, 0.25) is 0 Å². The Bertz CT molecular complexity index is 801. The summed E-state index contributed by atoms with van der Waals surface area (Å²) in [6.45, 7) is 0.0339. The van der Waals surface area contributed by atoms with E-state index in [9.17, 15) is 9.36 Å². The smallest absolute Gasteiger partial charge is 0.303 e. The summed E-state index contributed by atoms with van der Waals surface area (Å²) >= 11 is 0. The Morgan fingerprint density at radius 1 is 1.17 bits per heavy atom. The van der Waals surface area contributed by atoms with E-state index in [0.29, 0.717) is 11.1 Å². The molecule has 0 bridgehead atoms. The normalized spacial score (nSPS) is 18.7. The fourth-order valence-electron chi connectivity index (χ4n) is 2.65. The number of fused-ring (bicyclic) bond motifs is 3. The first-order chi connectivity index (χ1) is 11.0. The van der Waals surface area contributed by atoms with E-state index in [1.165, 1.54) is 0 Å². The van der Waals surface area contributed by atoms with Gasteiger partial charge in [-0.15, -0.1) is 0 Å². The fraction of sp³-hybridized carbons (Fsp3) is 0.188. The molecule has 0 fully saturated rings. The van der Waals surface area contributed by atoms with E-state index in [0.717, 1.165) is 16.7 Å². The van der Waals surface area contributed by atoms with E-state index in [1.807, 2.05) is 12.1 Å². The fourth-order valence-corrected chi connectivity index (χ4v) is 4.92. The number of hydrogen-bond donors (Lipinski definition) is 2. The molecule has 0 spiro atoms. The Morgan fingerprint density at radius 3 is 2.70 bits per heavy atom. The number of carboxylic acids is 1. The lowest BCUT2D eigenvalue weighted by molar-refractivity contribution is -0.253. The lowest BCUT2D eigenvalue weighted by Gasteiger charge is -2.28. The minimum atomic E-state index is -3.28.